The number of thiophene rings is 2. The average molecular weight is 303 g/mol. The predicted molar refractivity (Wildman–Crippen MR) is 73.3 cm³/mol. The molecule has 0 aliphatic carbocycles. The van der Waals surface area contributed by atoms with Crippen molar-refractivity contribution >= 4 is 32.7 Å². The quantitative estimate of drug-likeness (QED) is 0.891. The molecular weight excluding hydrogens is 290 g/mol. The van der Waals surface area contributed by atoms with E-state index in [1.165, 1.54) is 34.1 Å². The van der Waals surface area contributed by atoms with Gasteiger partial charge in [-0.2, -0.15) is 0 Å². The Morgan fingerprint density at radius 1 is 1.44 bits per heavy atom. The molecule has 0 aliphatic heterocycles. The fraction of sp³-hybridized carbons (Fsp3) is 0.273. The van der Waals surface area contributed by atoms with Gasteiger partial charge >= 0.3 is 0 Å². The highest BCUT2D eigenvalue weighted by atomic mass is 32.2. The second kappa shape index (κ2) is 5.50. The molecule has 0 aliphatic rings. The summed E-state index contributed by atoms with van der Waals surface area (Å²) in [4.78, 5) is 1.82. The van der Waals surface area contributed by atoms with Crippen LogP contribution in [0.5, 0.6) is 0 Å². The van der Waals surface area contributed by atoms with Crippen molar-refractivity contribution in [3.05, 3.63) is 38.7 Å². The van der Waals surface area contributed by atoms with Gasteiger partial charge in [0.1, 0.15) is 0 Å². The molecule has 0 fully saturated rings. The molecule has 2 heterocycles. The maximum Gasteiger partial charge on any atom is 0.241 e. The van der Waals surface area contributed by atoms with E-state index in [9.17, 15) is 8.42 Å². The summed E-state index contributed by atoms with van der Waals surface area (Å²) in [5, 5.41) is 12.4. The molecule has 0 saturated heterocycles. The minimum atomic E-state index is -3.52. The molecule has 2 N–H and O–H groups in total. The first-order valence-electron chi connectivity index (χ1n) is 5.27. The molecule has 0 radical (unpaired) electrons. The van der Waals surface area contributed by atoms with E-state index >= 15 is 0 Å². The normalized spacial score (nSPS) is 13.7. The SMILES string of the molecule is CC(NS(=O)(=O)c1csc(CO)c1)c1cccs1. The van der Waals surface area contributed by atoms with Crippen molar-refractivity contribution in [2.45, 2.75) is 24.5 Å². The maximum atomic E-state index is 12.1. The fourth-order valence-corrected chi connectivity index (χ4v) is 4.65. The van der Waals surface area contributed by atoms with Crippen molar-refractivity contribution in [3.8, 4) is 0 Å². The van der Waals surface area contributed by atoms with Gasteiger partial charge in [0.15, 0.2) is 0 Å². The van der Waals surface area contributed by atoms with Crippen molar-refractivity contribution in [2.24, 2.45) is 0 Å². The first-order valence-corrected chi connectivity index (χ1v) is 8.51. The van der Waals surface area contributed by atoms with Crippen LogP contribution < -0.4 is 4.72 Å². The molecule has 7 heteroatoms. The number of hydrogen-bond acceptors (Lipinski definition) is 5. The molecule has 2 aromatic rings. The summed E-state index contributed by atoms with van der Waals surface area (Å²) in [6, 6.07) is 5.02. The Morgan fingerprint density at radius 3 is 2.78 bits per heavy atom. The zero-order valence-electron chi connectivity index (χ0n) is 9.66. The number of hydrogen-bond donors (Lipinski definition) is 2. The Kier molecular flexibility index (Phi) is 4.18. The van der Waals surface area contributed by atoms with Crippen LogP contribution in [0.2, 0.25) is 0 Å². The monoisotopic (exact) mass is 303 g/mol. The van der Waals surface area contributed by atoms with E-state index in [-0.39, 0.29) is 17.5 Å². The minimum absolute atomic E-state index is 0.138. The highest BCUT2D eigenvalue weighted by Crippen LogP contribution is 2.23. The van der Waals surface area contributed by atoms with E-state index in [1.807, 2.05) is 24.4 Å². The van der Waals surface area contributed by atoms with Crippen molar-refractivity contribution in [3.63, 3.8) is 0 Å². The van der Waals surface area contributed by atoms with Crippen LogP contribution in [0.25, 0.3) is 0 Å². The number of nitrogens with one attached hydrogen (secondary N) is 1. The second-order valence-electron chi connectivity index (χ2n) is 3.77. The van der Waals surface area contributed by atoms with Gasteiger partial charge in [-0.1, -0.05) is 6.07 Å². The van der Waals surface area contributed by atoms with E-state index in [0.717, 1.165) is 4.88 Å². The van der Waals surface area contributed by atoms with Crippen LogP contribution in [0.4, 0.5) is 0 Å². The lowest BCUT2D eigenvalue weighted by molar-refractivity contribution is 0.285. The van der Waals surface area contributed by atoms with Gasteiger partial charge in [-0.25, -0.2) is 13.1 Å². The predicted octanol–water partition coefficient (Wildman–Crippen LogP) is 2.34. The van der Waals surface area contributed by atoms with Gasteiger partial charge in [0.05, 0.1) is 17.5 Å². The molecule has 98 valence electrons. The van der Waals surface area contributed by atoms with Crippen LogP contribution in [-0.2, 0) is 16.6 Å². The maximum absolute atomic E-state index is 12.1. The van der Waals surface area contributed by atoms with Gasteiger partial charge in [0, 0.05) is 15.1 Å². The Morgan fingerprint density at radius 2 is 2.22 bits per heavy atom. The zero-order valence-corrected chi connectivity index (χ0v) is 12.1. The van der Waals surface area contributed by atoms with Gasteiger partial charge < -0.3 is 5.11 Å². The van der Waals surface area contributed by atoms with Crippen LogP contribution in [0, 0.1) is 0 Å². The van der Waals surface area contributed by atoms with Crippen LogP contribution in [0.15, 0.2) is 33.9 Å². The molecule has 0 bridgehead atoms. The molecule has 1 unspecified atom stereocenters. The van der Waals surface area contributed by atoms with Gasteiger partial charge in [-0.3, -0.25) is 0 Å². The number of rotatable bonds is 5. The summed E-state index contributed by atoms with van der Waals surface area (Å²) in [6.07, 6.45) is 0. The first-order chi connectivity index (χ1) is 8.53. The molecule has 2 rings (SSSR count). The number of sulfonamides is 1. The molecule has 4 nitrogen and oxygen atoms in total. The molecular formula is C11H13NO3S3. The van der Waals surface area contributed by atoms with Crippen molar-refractivity contribution in [2.75, 3.05) is 0 Å². The summed E-state index contributed by atoms with van der Waals surface area (Å²) in [7, 11) is -3.52. The largest absolute Gasteiger partial charge is 0.391 e. The lowest BCUT2D eigenvalue weighted by atomic mass is 10.3. The van der Waals surface area contributed by atoms with Crippen molar-refractivity contribution in [1.82, 2.24) is 4.72 Å². The molecule has 0 aromatic carbocycles. The standard InChI is InChI=1S/C11H13NO3S3/c1-8(11-3-2-4-16-11)12-18(14,15)10-5-9(6-13)17-7-10/h2-5,7-8,12-13H,6H2,1H3. The Bertz CT molecular complexity index is 601. The highest BCUT2D eigenvalue weighted by Gasteiger charge is 2.20. The Labute approximate surface area is 114 Å². The molecule has 0 spiro atoms. The van der Waals surface area contributed by atoms with Crippen molar-refractivity contribution < 1.29 is 13.5 Å². The summed E-state index contributed by atoms with van der Waals surface area (Å²) in [5.74, 6) is 0. The topological polar surface area (TPSA) is 66.4 Å². The molecule has 1 atom stereocenters. The van der Waals surface area contributed by atoms with Crippen LogP contribution in [0.3, 0.4) is 0 Å². The van der Waals surface area contributed by atoms with E-state index in [2.05, 4.69) is 4.72 Å². The van der Waals surface area contributed by atoms with Gasteiger partial charge in [0.2, 0.25) is 10.0 Å². The molecule has 2 aromatic heterocycles. The lowest BCUT2D eigenvalue weighted by Gasteiger charge is -2.11. The van der Waals surface area contributed by atoms with Crippen LogP contribution in [-0.4, -0.2) is 13.5 Å². The lowest BCUT2D eigenvalue weighted by Crippen LogP contribution is -2.26. The number of aliphatic hydroxyl groups excluding tert-OH is 1. The van der Waals surface area contributed by atoms with E-state index in [0.29, 0.717) is 4.88 Å². The van der Waals surface area contributed by atoms with Gasteiger partial charge in [-0.15, -0.1) is 22.7 Å². The van der Waals surface area contributed by atoms with Crippen molar-refractivity contribution in [1.29, 1.82) is 0 Å². The summed E-state index contributed by atoms with van der Waals surface area (Å²) < 4.78 is 26.8. The van der Waals surface area contributed by atoms with Crippen LogP contribution >= 0.6 is 22.7 Å². The highest BCUT2D eigenvalue weighted by molar-refractivity contribution is 7.89. The molecule has 0 amide bonds. The fourth-order valence-electron chi connectivity index (χ4n) is 1.48. The van der Waals surface area contributed by atoms with E-state index < -0.39 is 10.0 Å². The minimum Gasteiger partial charge on any atom is -0.391 e. The Balaban J connectivity index is 2.17. The first kappa shape index (κ1) is 13.7. The smallest absolute Gasteiger partial charge is 0.241 e. The Hall–Kier alpha value is -0.730. The summed E-state index contributed by atoms with van der Waals surface area (Å²) in [6.45, 7) is 1.67. The number of aliphatic hydroxyl groups is 1. The summed E-state index contributed by atoms with van der Waals surface area (Å²) >= 11 is 2.75. The third-order valence-corrected chi connectivity index (χ3v) is 6.04. The van der Waals surface area contributed by atoms with Crippen LogP contribution in [0.1, 0.15) is 22.7 Å². The molecule has 18 heavy (non-hydrogen) atoms. The van der Waals surface area contributed by atoms with Gasteiger partial charge in [-0.05, 0) is 24.4 Å². The third kappa shape index (κ3) is 2.99. The van der Waals surface area contributed by atoms with Gasteiger partial charge in [0.25, 0.3) is 0 Å². The summed E-state index contributed by atoms with van der Waals surface area (Å²) in [5.41, 5.74) is 0. The second-order valence-corrected chi connectivity index (χ2v) is 7.45. The van der Waals surface area contributed by atoms with E-state index in [4.69, 9.17) is 5.11 Å². The average Bonchev–Trinajstić information content (AvgIpc) is 3.00. The molecule has 0 saturated carbocycles. The third-order valence-electron chi connectivity index (χ3n) is 2.40. The zero-order chi connectivity index (χ0) is 13.2. The van der Waals surface area contributed by atoms with E-state index in [1.54, 1.807) is 0 Å².